The number of nitrogens with zero attached hydrogens (tertiary/aromatic N) is 1. The molecule has 0 atom stereocenters. The van der Waals surface area contributed by atoms with Crippen LogP contribution in [-0.2, 0) is 0 Å². The third kappa shape index (κ3) is 5.46. The lowest BCUT2D eigenvalue weighted by Gasteiger charge is -1.92. The van der Waals surface area contributed by atoms with E-state index >= 15 is 0 Å². The van der Waals surface area contributed by atoms with Crippen molar-refractivity contribution in [3.8, 4) is 0 Å². The average molecular weight is 126 g/mol. The Kier molecular flexibility index (Phi) is 2.01. The Balaban J connectivity index is 3.89. The minimum absolute atomic E-state index is 0.188. The second kappa shape index (κ2) is 2.15. The van der Waals surface area contributed by atoms with Crippen LogP contribution in [0, 0.1) is 0 Å². The van der Waals surface area contributed by atoms with Crippen molar-refractivity contribution in [1.29, 1.82) is 0 Å². The zero-order valence-corrected chi connectivity index (χ0v) is 4.66. The Hall–Kier alpha value is -0.540. The summed E-state index contributed by atoms with van der Waals surface area (Å²) in [7, 11) is 2.65. The SMILES string of the molecule is C[N+](C)=CC(F)(F)F. The maximum atomic E-state index is 11.2. The van der Waals surface area contributed by atoms with Gasteiger partial charge in [-0.3, -0.25) is 0 Å². The van der Waals surface area contributed by atoms with Gasteiger partial charge in [-0.2, -0.15) is 13.2 Å². The monoisotopic (exact) mass is 126 g/mol. The summed E-state index contributed by atoms with van der Waals surface area (Å²) in [5.41, 5.74) is 0. The standard InChI is InChI=1S/C4H7F3N/c1-8(2)3-4(5,6)7/h3H,1-2H3/q+1. The van der Waals surface area contributed by atoms with Crippen LogP contribution < -0.4 is 0 Å². The second-order valence-electron chi connectivity index (χ2n) is 1.63. The molecule has 0 N–H and O–H groups in total. The molecule has 0 amide bonds. The van der Waals surface area contributed by atoms with Gasteiger partial charge in [0.25, 0.3) is 0 Å². The summed E-state index contributed by atoms with van der Waals surface area (Å²) in [5, 5.41) is 0. The first-order valence-corrected chi connectivity index (χ1v) is 2.01. The van der Waals surface area contributed by atoms with Crippen molar-refractivity contribution < 1.29 is 17.7 Å². The zero-order valence-electron chi connectivity index (χ0n) is 4.66. The van der Waals surface area contributed by atoms with Gasteiger partial charge in [0.2, 0.25) is 6.21 Å². The molecule has 0 bridgehead atoms. The molecule has 0 aromatic heterocycles. The third-order valence-electron chi connectivity index (χ3n) is 0.405. The van der Waals surface area contributed by atoms with E-state index in [0.29, 0.717) is 0 Å². The summed E-state index contributed by atoms with van der Waals surface area (Å²) in [6, 6.07) is 0. The van der Waals surface area contributed by atoms with Gasteiger partial charge in [0.15, 0.2) is 0 Å². The largest absolute Gasteiger partial charge is 0.469 e. The van der Waals surface area contributed by atoms with Gasteiger partial charge >= 0.3 is 6.18 Å². The number of hydrogen-bond donors (Lipinski definition) is 0. The average Bonchev–Trinajstić information content (AvgIpc) is 1.21. The van der Waals surface area contributed by atoms with Crippen LogP contribution in [0.25, 0.3) is 0 Å². The highest BCUT2D eigenvalue weighted by Gasteiger charge is 2.28. The van der Waals surface area contributed by atoms with E-state index in [2.05, 4.69) is 0 Å². The fraction of sp³-hybridized carbons (Fsp3) is 0.750. The first-order chi connectivity index (χ1) is 3.42. The Labute approximate surface area is 45.4 Å². The fourth-order valence-corrected chi connectivity index (χ4v) is 0.293. The summed E-state index contributed by atoms with van der Waals surface area (Å²) >= 11 is 0. The van der Waals surface area contributed by atoms with Crippen molar-refractivity contribution in [1.82, 2.24) is 0 Å². The molecular formula is C4H7F3N+. The van der Waals surface area contributed by atoms with E-state index in [1.54, 1.807) is 0 Å². The van der Waals surface area contributed by atoms with Crippen LogP contribution in [0.2, 0.25) is 0 Å². The Morgan fingerprint density at radius 3 is 1.62 bits per heavy atom. The summed E-state index contributed by atoms with van der Waals surface area (Å²) in [6.45, 7) is 0. The minimum Gasteiger partial charge on any atom is -0.237 e. The van der Waals surface area contributed by atoms with E-state index < -0.39 is 6.18 Å². The van der Waals surface area contributed by atoms with Crippen LogP contribution in [0.1, 0.15) is 0 Å². The lowest BCUT2D eigenvalue weighted by molar-refractivity contribution is -0.467. The molecule has 0 aliphatic rings. The van der Waals surface area contributed by atoms with Gasteiger partial charge in [-0.25, -0.2) is 4.58 Å². The summed E-state index contributed by atoms with van der Waals surface area (Å²) in [6.07, 6.45) is -3.99. The lowest BCUT2D eigenvalue weighted by atomic mass is 10.7. The topological polar surface area (TPSA) is 3.01 Å². The van der Waals surface area contributed by atoms with Crippen molar-refractivity contribution in [3.05, 3.63) is 0 Å². The molecule has 8 heavy (non-hydrogen) atoms. The number of hydrogen-bond acceptors (Lipinski definition) is 0. The molecule has 0 spiro atoms. The smallest absolute Gasteiger partial charge is 0.237 e. The number of rotatable bonds is 0. The van der Waals surface area contributed by atoms with Crippen LogP contribution in [0.3, 0.4) is 0 Å². The molecule has 0 saturated heterocycles. The molecule has 1 nitrogen and oxygen atoms in total. The minimum atomic E-state index is -4.18. The van der Waals surface area contributed by atoms with Gasteiger partial charge in [-0.05, 0) is 0 Å². The van der Waals surface area contributed by atoms with Crippen molar-refractivity contribution in [2.75, 3.05) is 14.1 Å². The van der Waals surface area contributed by atoms with Crippen molar-refractivity contribution in [2.24, 2.45) is 0 Å². The Bertz CT molecular complexity index is 98.3. The first-order valence-electron chi connectivity index (χ1n) is 2.01. The molecule has 0 aliphatic heterocycles. The van der Waals surface area contributed by atoms with Gasteiger partial charge in [0.1, 0.15) is 14.1 Å². The van der Waals surface area contributed by atoms with Gasteiger partial charge in [0, 0.05) is 0 Å². The van der Waals surface area contributed by atoms with Crippen LogP contribution in [0.5, 0.6) is 0 Å². The van der Waals surface area contributed by atoms with Gasteiger partial charge in [0.05, 0.1) is 0 Å². The van der Waals surface area contributed by atoms with Crippen LogP contribution in [0.15, 0.2) is 0 Å². The fourth-order valence-electron chi connectivity index (χ4n) is 0.293. The normalized spacial score (nSPS) is 11.1. The molecule has 0 fully saturated rings. The van der Waals surface area contributed by atoms with Gasteiger partial charge in [-0.1, -0.05) is 0 Å². The molecule has 0 saturated carbocycles. The molecule has 0 unspecified atom stereocenters. The highest BCUT2D eigenvalue weighted by atomic mass is 19.4. The lowest BCUT2D eigenvalue weighted by Crippen LogP contribution is -2.16. The number of alkyl halides is 3. The van der Waals surface area contributed by atoms with E-state index in [-0.39, 0.29) is 6.21 Å². The molecule has 0 rings (SSSR count). The van der Waals surface area contributed by atoms with E-state index in [9.17, 15) is 13.2 Å². The molecule has 0 aromatic carbocycles. The van der Waals surface area contributed by atoms with Crippen molar-refractivity contribution >= 4 is 6.21 Å². The summed E-state index contributed by atoms with van der Waals surface area (Å²) in [5.74, 6) is 0. The Morgan fingerprint density at radius 2 is 1.62 bits per heavy atom. The molecule has 4 heteroatoms. The molecule has 0 aromatic rings. The van der Waals surface area contributed by atoms with E-state index in [1.807, 2.05) is 0 Å². The van der Waals surface area contributed by atoms with E-state index in [4.69, 9.17) is 0 Å². The third-order valence-corrected chi connectivity index (χ3v) is 0.405. The molecule has 0 radical (unpaired) electrons. The van der Waals surface area contributed by atoms with Crippen molar-refractivity contribution in [3.63, 3.8) is 0 Å². The van der Waals surface area contributed by atoms with Crippen molar-refractivity contribution in [2.45, 2.75) is 6.18 Å². The highest BCUT2D eigenvalue weighted by molar-refractivity contribution is 5.58. The van der Waals surface area contributed by atoms with Gasteiger partial charge in [-0.15, -0.1) is 0 Å². The first kappa shape index (κ1) is 7.46. The quantitative estimate of drug-likeness (QED) is 0.335. The molecule has 0 heterocycles. The number of halogens is 3. The maximum absolute atomic E-state index is 11.2. The summed E-state index contributed by atoms with van der Waals surface area (Å²) < 4.78 is 34.6. The van der Waals surface area contributed by atoms with Crippen LogP contribution >= 0.6 is 0 Å². The highest BCUT2D eigenvalue weighted by Crippen LogP contribution is 2.09. The molecule has 0 aliphatic carbocycles. The van der Waals surface area contributed by atoms with Crippen LogP contribution in [-0.4, -0.2) is 31.1 Å². The second-order valence-corrected chi connectivity index (χ2v) is 1.63. The van der Waals surface area contributed by atoms with E-state index in [0.717, 1.165) is 4.58 Å². The maximum Gasteiger partial charge on any atom is 0.469 e. The predicted octanol–water partition coefficient (Wildman–Crippen LogP) is 0.892. The summed E-state index contributed by atoms with van der Waals surface area (Å²) in [4.78, 5) is 0. The van der Waals surface area contributed by atoms with Crippen LogP contribution in [0.4, 0.5) is 13.2 Å². The van der Waals surface area contributed by atoms with E-state index in [1.165, 1.54) is 14.1 Å². The molecule has 48 valence electrons. The molecular weight excluding hydrogens is 119 g/mol. The predicted molar refractivity (Wildman–Crippen MR) is 24.2 cm³/mol. The zero-order chi connectivity index (χ0) is 6.78. The Morgan fingerprint density at radius 1 is 1.25 bits per heavy atom. The van der Waals surface area contributed by atoms with Gasteiger partial charge < -0.3 is 0 Å².